The van der Waals surface area contributed by atoms with Crippen LogP contribution in [-0.4, -0.2) is 47.9 Å². The Labute approximate surface area is 136 Å². The lowest BCUT2D eigenvalue weighted by molar-refractivity contribution is -0.141. The van der Waals surface area contributed by atoms with Crippen molar-refractivity contribution in [3.8, 4) is 0 Å². The lowest BCUT2D eigenvalue weighted by Gasteiger charge is -2.32. The number of nitrogens with two attached hydrogens (primary N) is 1. The fourth-order valence-corrected chi connectivity index (χ4v) is 3.37. The third-order valence-corrected chi connectivity index (χ3v) is 4.70. The number of anilines is 1. The first-order valence-corrected chi connectivity index (χ1v) is 7.58. The van der Waals surface area contributed by atoms with Crippen molar-refractivity contribution in [1.82, 2.24) is 9.88 Å². The number of hydrogen-bond donors (Lipinski definition) is 1. The predicted molar refractivity (Wildman–Crippen MR) is 79.3 cm³/mol. The number of aromatic nitrogens is 1. The summed E-state index contributed by atoms with van der Waals surface area (Å²) in [5, 5.41) is 0. The number of likely N-dealkylation sites (N-methyl/N-ethyl adjacent to an activating group) is 1. The third-order valence-electron chi connectivity index (χ3n) is 4.70. The molecule has 3 fully saturated rings. The number of primary amides is 1. The SMILES string of the molecule is CN1C(=O)[C@H]2CC[C@@H]1CN(c1nc(C(F)(F)F)ccc1C(N)=O)C2. The zero-order chi connectivity index (χ0) is 17.6. The molecule has 6 nitrogen and oxygen atoms in total. The van der Waals surface area contributed by atoms with Gasteiger partial charge in [0.15, 0.2) is 0 Å². The van der Waals surface area contributed by atoms with Crippen LogP contribution in [0, 0.1) is 5.92 Å². The molecule has 2 N–H and O–H groups in total. The molecule has 2 atom stereocenters. The van der Waals surface area contributed by atoms with Gasteiger partial charge in [0.2, 0.25) is 5.91 Å². The summed E-state index contributed by atoms with van der Waals surface area (Å²) < 4.78 is 38.9. The van der Waals surface area contributed by atoms with E-state index in [2.05, 4.69) is 4.98 Å². The molecule has 2 amide bonds. The molecular formula is C15H17F3N4O2. The molecule has 0 saturated carbocycles. The second kappa shape index (κ2) is 5.64. The molecule has 1 aromatic heterocycles. The molecule has 130 valence electrons. The van der Waals surface area contributed by atoms with Crippen LogP contribution >= 0.6 is 0 Å². The average Bonchev–Trinajstić information content (AvgIpc) is 2.79. The van der Waals surface area contributed by atoms with Crippen molar-refractivity contribution in [2.24, 2.45) is 11.7 Å². The highest BCUT2D eigenvalue weighted by Crippen LogP contribution is 2.34. The van der Waals surface area contributed by atoms with Gasteiger partial charge in [0.05, 0.1) is 11.5 Å². The van der Waals surface area contributed by atoms with Crippen LogP contribution in [0.5, 0.6) is 0 Å². The van der Waals surface area contributed by atoms with Crippen molar-refractivity contribution in [2.45, 2.75) is 25.1 Å². The van der Waals surface area contributed by atoms with E-state index in [4.69, 9.17) is 5.73 Å². The van der Waals surface area contributed by atoms with Gasteiger partial charge in [0.1, 0.15) is 11.5 Å². The van der Waals surface area contributed by atoms with Crippen LogP contribution in [0.25, 0.3) is 0 Å². The van der Waals surface area contributed by atoms with Crippen LogP contribution in [0.15, 0.2) is 12.1 Å². The van der Waals surface area contributed by atoms with E-state index in [0.29, 0.717) is 13.0 Å². The van der Waals surface area contributed by atoms with Gasteiger partial charge in [-0.15, -0.1) is 0 Å². The highest BCUT2D eigenvalue weighted by atomic mass is 19.4. The number of carbonyl (C=O) groups excluding carboxylic acids is 2. The Balaban J connectivity index is 2.04. The van der Waals surface area contributed by atoms with E-state index < -0.39 is 17.8 Å². The van der Waals surface area contributed by atoms with Gasteiger partial charge in [-0.05, 0) is 25.0 Å². The number of amides is 2. The second-order valence-corrected chi connectivity index (χ2v) is 6.21. The number of nitrogens with zero attached hydrogens (tertiary/aromatic N) is 3. The minimum absolute atomic E-state index is 0.0265. The fourth-order valence-electron chi connectivity index (χ4n) is 3.37. The van der Waals surface area contributed by atoms with Crippen molar-refractivity contribution in [3.63, 3.8) is 0 Å². The smallest absolute Gasteiger partial charge is 0.365 e. The molecule has 2 bridgehead atoms. The molecule has 3 saturated heterocycles. The Morgan fingerprint density at radius 1 is 1.29 bits per heavy atom. The largest absolute Gasteiger partial charge is 0.433 e. The van der Waals surface area contributed by atoms with E-state index >= 15 is 0 Å². The summed E-state index contributed by atoms with van der Waals surface area (Å²) >= 11 is 0. The van der Waals surface area contributed by atoms with Gasteiger partial charge in [-0.25, -0.2) is 4.98 Å². The fraction of sp³-hybridized carbons (Fsp3) is 0.533. The first-order chi connectivity index (χ1) is 11.2. The Morgan fingerprint density at radius 3 is 2.62 bits per heavy atom. The topological polar surface area (TPSA) is 79.5 Å². The minimum atomic E-state index is -4.62. The van der Waals surface area contributed by atoms with Crippen molar-refractivity contribution in [1.29, 1.82) is 0 Å². The Morgan fingerprint density at radius 2 is 2.00 bits per heavy atom. The summed E-state index contributed by atoms with van der Waals surface area (Å²) in [5.41, 5.74) is 4.14. The maximum absolute atomic E-state index is 13.0. The Kier molecular flexibility index (Phi) is 3.89. The normalized spacial score (nSPS) is 24.2. The quantitative estimate of drug-likeness (QED) is 0.877. The predicted octanol–water partition coefficient (Wildman–Crippen LogP) is 1.26. The van der Waals surface area contributed by atoms with E-state index in [0.717, 1.165) is 18.6 Å². The van der Waals surface area contributed by atoms with Gasteiger partial charge in [-0.2, -0.15) is 13.2 Å². The number of pyridine rings is 1. The number of alkyl halides is 3. The van der Waals surface area contributed by atoms with Gasteiger partial charge in [0.25, 0.3) is 5.91 Å². The van der Waals surface area contributed by atoms with Crippen molar-refractivity contribution >= 4 is 17.6 Å². The average molecular weight is 342 g/mol. The molecular weight excluding hydrogens is 325 g/mol. The van der Waals surface area contributed by atoms with Crippen LogP contribution in [0.1, 0.15) is 28.9 Å². The van der Waals surface area contributed by atoms with Gasteiger partial charge >= 0.3 is 6.18 Å². The Bertz CT molecular complexity index is 692. The number of hydrogen-bond acceptors (Lipinski definition) is 4. The summed E-state index contributed by atoms with van der Waals surface area (Å²) in [5.74, 6) is -1.29. The maximum Gasteiger partial charge on any atom is 0.433 e. The zero-order valence-corrected chi connectivity index (χ0v) is 13.0. The number of rotatable bonds is 2. The van der Waals surface area contributed by atoms with Gasteiger partial charge in [-0.1, -0.05) is 0 Å². The molecule has 24 heavy (non-hydrogen) atoms. The Hall–Kier alpha value is -2.32. The lowest BCUT2D eigenvalue weighted by atomic mass is 9.95. The van der Waals surface area contributed by atoms with Crippen LogP contribution in [0.2, 0.25) is 0 Å². The van der Waals surface area contributed by atoms with Crippen molar-refractivity contribution < 1.29 is 22.8 Å². The zero-order valence-electron chi connectivity index (χ0n) is 13.0. The van der Waals surface area contributed by atoms with Crippen LogP contribution in [-0.2, 0) is 11.0 Å². The first-order valence-electron chi connectivity index (χ1n) is 7.58. The summed E-state index contributed by atoms with van der Waals surface area (Å²) in [6.07, 6.45) is -3.17. The second-order valence-electron chi connectivity index (χ2n) is 6.21. The molecule has 4 heterocycles. The van der Waals surface area contributed by atoms with E-state index in [9.17, 15) is 22.8 Å². The van der Waals surface area contributed by atoms with Crippen molar-refractivity contribution in [2.75, 3.05) is 25.0 Å². The van der Waals surface area contributed by atoms with E-state index in [1.54, 1.807) is 16.8 Å². The van der Waals surface area contributed by atoms with Crippen LogP contribution < -0.4 is 10.6 Å². The standard InChI is InChI=1S/C15H17F3N4O2/c1-21-9-3-2-8(14(21)24)6-22(7-9)13-10(12(19)23)4-5-11(20-13)15(16,17)18/h4-5,8-9H,2-3,6-7H2,1H3,(H2,19,23)/t8-,9+/m0/s1. The lowest BCUT2D eigenvalue weighted by Crippen LogP contribution is -2.45. The van der Waals surface area contributed by atoms with E-state index in [-0.39, 0.29) is 35.8 Å². The molecule has 3 aliphatic heterocycles. The molecule has 4 rings (SSSR count). The van der Waals surface area contributed by atoms with E-state index in [1.165, 1.54) is 0 Å². The molecule has 1 aromatic rings. The summed E-state index contributed by atoms with van der Waals surface area (Å²) in [4.78, 5) is 30.7. The molecule has 0 aromatic carbocycles. The van der Waals surface area contributed by atoms with Crippen molar-refractivity contribution in [3.05, 3.63) is 23.4 Å². The summed E-state index contributed by atoms with van der Waals surface area (Å²) in [6.45, 7) is 0.557. The molecule has 3 aliphatic rings. The van der Waals surface area contributed by atoms with Gasteiger partial charge in [0, 0.05) is 26.2 Å². The number of piperidine rings is 1. The van der Waals surface area contributed by atoms with Gasteiger partial charge in [-0.3, -0.25) is 9.59 Å². The maximum atomic E-state index is 13.0. The molecule has 0 unspecified atom stereocenters. The van der Waals surface area contributed by atoms with E-state index in [1.807, 2.05) is 0 Å². The molecule has 0 radical (unpaired) electrons. The third kappa shape index (κ3) is 2.78. The van der Waals surface area contributed by atoms with Crippen LogP contribution in [0.3, 0.4) is 0 Å². The molecule has 0 spiro atoms. The number of carbonyl (C=O) groups is 2. The molecule has 0 aliphatic carbocycles. The first kappa shape index (κ1) is 16.5. The van der Waals surface area contributed by atoms with Gasteiger partial charge < -0.3 is 15.5 Å². The highest BCUT2D eigenvalue weighted by molar-refractivity contribution is 5.98. The monoisotopic (exact) mass is 342 g/mol. The number of fused-ring (bicyclic) bond motifs is 4. The highest BCUT2D eigenvalue weighted by Gasteiger charge is 2.41. The summed E-state index contributed by atoms with van der Waals surface area (Å²) in [7, 11) is 1.69. The number of halogens is 3. The van der Waals surface area contributed by atoms with Crippen LogP contribution in [0.4, 0.5) is 19.0 Å². The molecule has 9 heteroatoms. The minimum Gasteiger partial charge on any atom is -0.365 e. The summed E-state index contributed by atoms with van der Waals surface area (Å²) in [6, 6.07) is 1.67.